The van der Waals surface area contributed by atoms with Gasteiger partial charge in [-0.15, -0.1) is 0 Å². The zero-order chi connectivity index (χ0) is 14.0. The largest absolute Gasteiger partial charge is 0.484 e. The minimum absolute atomic E-state index is 0.286. The van der Waals surface area contributed by atoms with Crippen molar-refractivity contribution >= 4 is 35.1 Å². The van der Waals surface area contributed by atoms with Crippen LogP contribution >= 0.6 is 23.2 Å². The molecule has 0 aromatic heterocycles. The van der Waals surface area contributed by atoms with Gasteiger partial charge < -0.3 is 15.2 Å². The van der Waals surface area contributed by atoms with Crippen molar-refractivity contribution in [3.63, 3.8) is 0 Å². The molecule has 2 rings (SSSR count). The van der Waals surface area contributed by atoms with Crippen LogP contribution in [0.4, 0.5) is 0 Å². The second-order valence-corrected chi connectivity index (χ2v) is 5.20. The monoisotopic (exact) mass is 303 g/mol. The lowest BCUT2D eigenvalue weighted by Gasteiger charge is -2.13. The maximum atomic E-state index is 11.6. The number of carbonyl (C=O) groups is 2. The molecule has 0 atom stereocenters. The summed E-state index contributed by atoms with van der Waals surface area (Å²) < 4.78 is 5.21. The number of benzene rings is 1. The van der Waals surface area contributed by atoms with Crippen molar-refractivity contribution in [2.75, 3.05) is 6.61 Å². The molecule has 1 aliphatic carbocycles. The second kappa shape index (κ2) is 5.27. The van der Waals surface area contributed by atoms with Crippen molar-refractivity contribution in [1.82, 2.24) is 5.32 Å². The first kappa shape index (κ1) is 14.0. The number of nitrogens with one attached hydrogen (secondary N) is 1. The number of rotatable bonds is 5. The Kier molecular flexibility index (Phi) is 3.87. The average molecular weight is 304 g/mol. The van der Waals surface area contributed by atoms with E-state index in [1.807, 2.05) is 0 Å². The Hall–Kier alpha value is -1.46. The van der Waals surface area contributed by atoms with Crippen molar-refractivity contribution in [3.8, 4) is 5.75 Å². The number of carboxylic acid groups (broad SMARTS) is 1. The lowest BCUT2D eigenvalue weighted by atomic mass is 10.3. The zero-order valence-electron chi connectivity index (χ0n) is 9.78. The second-order valence-electron chi connectivity index (χ2n) is 4.33. The Morgan fingerprint density at radius 2 is 1.84 bits per heavy atom. The van der Waals surface area contributed by atoms with Gasteiger partial charge in [0.25, 0.3) is 5.91 Å². The van der Waals surface area contributed by atoms with Crippen LogP contribution in [0.3, 0.4) is 0 Å². The van der Waals surface area contributed by atoms with Gasteiger partial charge in [-0.2, -0.15) is 0 Å². The van der Waals surface area contributed by atoms with Gasteiger partial charge in [-0.3, -0.25) is 4.79 Å². The molecule has 102 valence electrons. The first-order chi connectivity index (χ1) is 8.91. The van der Waals surface area contributed by atoms with Gasteiger partial charge in [0.05, 0.1) is 0 Å². The van der Waals surface area contributed by atoms with Crippen molar-refractivity contribution in [2.24, 2.45) is 0 Å². The number of aliphatic carboxylic acids is 1. The maximum Gasteiger partial charge on any atom is 0.329 e. The molecule has 1 amide bonds. The summed E-state index contributed by atoms with van der Waals surface area (Å²) in [7, 11) is 0. The molecule has 1 fully saturated rings. The lowest BCUT2D eigenvalue weighted by molar-refractivity contribution is -0.143. The third kappa shape index (κ3) is 3.52. The Balaban J connectivity index is 1.88. The summed E-state index contributed by atoms with van der Waals surface area (Å²) in [4.78, 5) is 22.5. The summed E-state index contributed by atoms with van der Waals surface area (Å²) in [6.07, 6.45) is 0.883. The summed E-state index contributed by atoms with van der Waals surface area (Å²) in [6, 6.07) is 4.58. The highest BCUT2D eigenvalue weighted by Crippen LogP contribution is 2.35. The summed E-state index contributed by atoms with van der Waals surface area (Å²) in [5.41, 5.74) is -1.10. The van der Waals surface area contributed by atoms with Crippen LogP contribution in [0.1, 0.15) is 12.8 Å². The minimum Gasteiger partial charge on any atom is -0.484 e. The van der Waals surface area contributed by atoms with E-state index in [0.717, 1.165) is 0 Å². The molecule has 0 unspecified atom stereocenters. The molecule has 1 saturated carbocycles. The molecule has 0 spiro atoms. The third-order valence-electron chi connectivity index (χ3n) is 2.74. The average Bonchev–Trinajstić information content (AvgIpc) is 3.06. The SMILES string of the molecule is O=C(COc1cc(Cl)cc(Cl)c1)NC1(C(=O)O)CC1. The van der Waals surface area contributed by atoms with E-state index in [2.05, 4.69) is 5.32 Å². The number of amides is 1. The molecule has 0 saturated heterocycles. The third-order valence-corrected chi connectivity index (χ3v) is 3.18. The quantitative estimate of drug-likeness (QED) is 0.873. The normalized spacial score (nSPS) is 15.7. The van der Waals surface area contributed by atoms with Crippen LogP contribution in [0.2, 0.25) is 10.0 Å². The van der Waals surface area contributed by atoms with Crippen LogP contribution in [0.15, 0.2) is 18.2 Å². The highest BCUT2D eigenvalue weighted by Gasteiger charge is 2.51. The standard InChI is InChI=1S/C12H11Cl2NO4/c13-7-3-8(14)5-9(4-7)19-6-10(16)15-12(1-2-12)11(17)18/h3-5H,1-2,6H2,(H,15,16)(H,17,18). The summed E-state index contributed by atoms with van der Waals surface area (Å²) in [5, 5.41) is 12.1. The number of halogens is 2. The molecule has 2 N–H and O–H groups in total. The van der Waals surface area contributed by atoms with Crippen molar-refractivity contribution in [2.45, 2.75) is 18.4 Å². The predicted molar refractivity (Wildman–Crippen MR) is 69.7 cm³/mol. The smallest absolute Gasteiger partial charge is 0.329 e. The van der Waals surface area contributed by atoms with Gasteiger partial charge in [-0.05, 0) is 31.0 Å². The van der Waals surface area contributed by atoms with Gasteiger partial charge in [-0.1, -0.05) is 23.2 Å². The molecule has 0 bridgehead atoms. The molecule has 7 heteroatoms. The molecule has 0 aliphatic heterocycles. The van der Waals surface area contributed by atoms with E-state index in [1.54, 1.807) is 6.07 Å². The zero-order valence-corrected chi connectivity index (χ0v) is 11.3. The topological polar surface area (TPSA) is 75.6 Å². The molecule has 0 heterocycles. The van der Waals surface area contributed by atoms with Gasteiger partial charge in [0.1, 0.15) is 11.3 Å². The van der Waals surface area contributed by atoms with Gasteiger partial charge in [0.2, 0.25) is 0 Å². The first-order valence-corrected chi connectivity index (χ1v) is 6.30. The van der Waals surface area contributed by atoms with Crippen LogP contribution in [0.5, 0.6) is 5.75 Å². The summed E-state index contributed by atoms with van der Waals surface area (Å²) in [6.45, 7) is -0.286. The van der Waals surface area contributed by atoms with E-state index in [4.69, 9.17) is 33.0 Å². The molecule has 19 heavy (non-hydrogen) atoms. The number of hydrogen-bond donors (Lipinski definition) is 2. The van der Waals surface area contributed by atoms with Crippen molar-refractivity contribution in [3.05, 3.63) is 28.2 Å². The molecule has 5 nitrogen and oxygen atoms in total. The molecule has 0 radical (unpaired) electrons. The fourth-order valence-electron chi connectivity index (χ4n) is 1.58. The van der Waals surface area contributed by atoms with Crippen LogP contribution in [-0.2, 0) is 9.59 Å². The van der Waals surface area contributed by atoms with Crippen LogP contribution < -0.4 is 10.1 Å². The van der Waals surface area contributed by atoms with Crippen molar-refractivity contribution in [1.29, 1.82) is 0 Å². The van der Waals surface area contributed by atoms with Crippen LogP contribution in [0.25, 0.3) is 0 Å². The van der Waals surface area contributed by atoms with Gasteiger partial charge in [0, 0.05) is 10.0 Å². The Morgan fingerprint density at radius 1 is 1.26 bits per heavy atom. The maximum absolute atomic E-state index is 11.6. The summed E-state index contributed by atoms with van der Waals surface area (Å²) in [5.74, 6) is -1.16. The number of carboxylic acids is 1. The molecular formula is C12H11Cl2NO4. The Labute approximate surface area is 119 Å². The van der Waals surface area contributed by atoms with Gasteiger partial charge in [-0.25, -0.2) is 4.79 Å². The molecule has 1 aromatic rings. The van der Waals surface area contributed by atoms with Gasteiger partial charge in [0.15, 0.2) is 6.61 Å². The number of hydrogen-bond acceptors (Lipinski definition) is 3. The Morgan fingerprint density at radius 3 is 2.32 bits per heavy atom. The van der Waals surface area contributed by atoms with E-state index >= 15 is 0 Å². The van der Waals surface area contributed by atoms with E-state index in [9.17, 15) is 9.59 Å². The lowest BCUT2D eigenvalue weighted by Crippen LogP contribution is -2.45. The Bertz CT molecular complexity index is 508. The molecular weight excluding hydrogens is 293 g/mol. The fraction of sp³-hybridized carbons (Fsp3) is 0.333. The van der Waals surface area contributed by atoms with Crippen molar-refractivity contribution < 1.29 is 19.4 Å². The molecule has 1 aliphatic rings. The van der Waals surface area contributed by atoms with E-state index in [0.29, 0.717) is 28.6 Å². The van der Waals surface area contributed by atoms with Gasteiger partial charge >= 0.3 is 5.97 Å². The van der Waals surface area contributed by atoms with E-state index in [1.165, 1.54) is 12.1 Å². The highest BCUT2D eigenvalue weighted by molar-refractivity contribution is 6.34. The van der Waals surface area contributed by atoms with Crippen LogP contribution in [-0.4, -0.2) is 29.1 Å². The predicted octanol–water partition coefficient (Wildman–Crippen LogP) is 2.11. The molecule has 1 aromatic carbocycles. The highest BCUT2D eigenvalue weighted by atomic mass is 35.5. The number of carbonyl (C=O) groups excluding carboxylic acids is 1. The summed E-state index contributed by atoms with van der Waals surface area (Å²) >= 11 is 11.6. The van der Waals surface area contributed by atoms with Crippen LogP contribution in [0, 0.1) is 0 Å². The van der Waals surface area contributed by atoms with E-state index < -0.39 is 17.4 Å². The number of ether oxygens (including phenoxy) is 1. The minimum atomic E-state index is -1.10. The first-order valence-electron chi connectivity index (χ1n) is 5.55. The van der Waals surface area contributed by atoms with E-state index in [-0.39, 0.29) is 6.61 Å². The fourth-order valence-corrected chi connectivity index (χ4v) is 2.09.